The zero-order chi connectivity index (χ0) is 30.9. The fourth-order valence-electron chi connectivity index (χ4n) is 5.61. The van der Waals surface area contributed by atoms with Gasteiger partial charge in [-0.05, 0) is 85.2 Å². The minimum Gasteiger partial charge on any atom is -0.343 e. The van der Waals surface area contributed by atoms with Crippen LogP contribution in [0.25, 0.3) is 0 Å². The molecule has 2 aliphatic carbocycles. The van der Waals surface area contributed by atoms with E-state index in [0.717, 1.165) is 51.7 Å². The van der Waals surface area contributed by atoms with Crippen molar-refractivity contribution in [3.8, 4) is 0 Å². The summed E-state index contributed by atoms with van der Waals surface area (Å²) in [6.45, 7) is 8.81. The van der Waals surface area contributed by atoms with Gasteiger partial charge in [0.25, 0.3) is 0 Å². The highest BCUT2D eigenvalue weighted by Crippen LogP contribution is 2.48. The second kappa shape index (κ2) is 20.7. The molecule has 244 valence electrons. The summed E-state index contributed by atoms with van der Waals surface area (Å²) in [7, 11) is 3.41. The number of nitrogens with zero attached hydrogens (tertiary/aromatic N) is 3. The average molecular weight is 601 g/mol. The molecule has 1 atom stereocenters. The van der Waals surface area contributed by atoms with E-state index in [4.69, 9.17) is 0 Å². The van der Waals surface area contributed by atoms with Gasteiger partial charge in [0, 0.05) is 43.7 Å². The molecule has 6 nitrogen and oxygen atoms in total. The van der Waals surface area contributed by atoms with Crippen molar-refractivity contribution in [1.82, 2.24) is 14.7 Å². The molecule has 1 spiro atoms. The van der Waals surface area contributed by atoms with Crippen LogP contribution in [0.4, 0.5) is 13.2 Å². The Bertz CT molecular complexity index is 798. The SMILES string of the molecule is C.CC.CC(CCCC(=O)N1CCCC1)N(C)C1CC(C(F)(F)F)C1.CN.O=CN1CCCC12CC2.c1ccccc1. The Hall–Kier alpha value is -2.13. The van der Waals surface area contributed by atoms with Gasteiger partial charge >= 0.3 is 6.18 Å². The van der Waals surface area contributed by atoms with Crippen LogP contribution in [-0.2, 0) is 9.59 Å². The first-order valence-electron chi connectivity index (χ1n) is 15.5. The lowest BCUT2D eigenvalue weighted by atomic mass is 9.78. The van der Waals surface area contributed by atoms with Crippen molar-refractivity contribution in [1.29, 1.82) is 0 Å². The van der Waals surface area contributed by atoms with Gasteiger partial charge in [0.15, 0.2) is 0 Å². The van der Waals surface area contributed by atoms with Gasteiger partial charge in [0.1, 0.15) is 0 Å². The number of halogens is 3. The van der Waals surface area contributed by atoms with E-state index in [0.29, 0.717) is 12.0 Å². The van der Waals surface area contributed by atoms with E-state index < -0.39 is 12.1 Å². The first-order valence-corrected chi connectivity index (χ1v) is 15.5. The Labute approximate surface area is 254 Å². The van der Waals surface area contributed by atoms with Gasteiger partial charge in [-0.25, -0.2) is 0 Å². The van der Waals surface area contributed by atoms with Gasteiger partial charge < -0.3 is 20.4 Å². The maximum absolute atomic E-state index is 12.5. The van der Waals surface area contributed by atoms with Crippen LogP contribution < -0.4 is 5.73 Å². The monoisotopic (exact) mass is 600 g/mol. The average Bonchev–Trinajstić information content (AvgIpc) is 3.34. The highest BCUT2D eigenvalue weighted by molar-refractivity contribution is 5.76. The van der Waals surface area contributed by atoms with Gasteiger partial charge in [-0.3, -0.25) is 9.59 Å². The number of rotatable bonds is 7. The first kappa shape index (κ1) is 39.9. The number of carbonyl (C=O) groups is 2. The van der Waals surface area contributed by atoms with Crippen LogP contribution in [0, 0.1) is 5.92 Å². The van der Waals surface area contributed by atoms with Crippen molar-refractivity contribution >= 4 is 12.3 Å². The third kappa shape index (κ3) is 13.0. The van der Waals surface area contributed by atoms with Crippen LogP contribution in [0.3, 0.4) is 0 Å². The first-order chi connectivity index (χ1) is 19.7. The van der Waals surface area contributed by atoms with E-state index in [2.05, 4.69) is 10.6 Å². The van der Waals surface area contributed by atoms with Gasteiger partial charge in [0.2, 0.25) is 12.3 Å². The van der Waals surface area contributed by atoms with Gasteiger partial charge in [-0.2, -0.15) is 13.2 Å². The van der Waals surface area contributed by atoms with Crippen molar-refractivity contribution in [3.05, 3.63) is 36.4 Å². The van der Waals surface area contributed by atoms with Crippen LogP contribution in [0.2, 0.25) is 0 Å². The van der Waals surface area contributed by atoms with E-state index in [1.54, 1.807) is 0 Å². The molecule has 0 aromatic heterocycles. The maximum atomic E-state index is 12.5. The normalized spacial score (nSPS) is 21.9. The van der Waals surface area contributed by atoms with Gasteiger partial charge in [-0.1, -0.05) is 57.7 Å². The summed E-state index contributed by atoms with van der Waals surface area (Å²) < 4.78 is 37.6. The van der Waals surface area contributed by atoms with Gasteiger partial charge in [0.05, 0.1) is 5.92 Å². The quantitative estimate of drug-likeness (QED) is 0.338. The van der Waals surface area contributed by atoms with Crippen molar-refractivity contribution in [2.45, 2.75) is 123 Å². The predicted molar refractivity (Wildman–Crippen MR) is 168 cm³/mol. The number of carbonyl (C=O) groups excluding carboxylic acids is 2. The fraction of sp³-hybridized carbons (Fsp3) is 0.758. The van der Waals surface area contributed by atoms with Crippen LogP contribution in [0.1, 0.15) is 98.8 Å². The summed E-state index contributed by atoms with van der Waals surface area (Å²) in [4.78, 5) is 28.3. The Morgan fingerprint density at radius 1 is 0.976 bits per heavy atom. The molecule has 2 amide bonds. The highest BCUT2D eigenvalue weighted by Gasteiger charge is 2.50. The largest absolute Gasteiger partial charge is 0.391 e. The van der Waals surface area contributed by atoms with E-state index in [1.165, 1.54) is 32.7 Å². The van der Waals surface area contributed by atoms with Crippen molar-refractivity contribution in [2.75, 3.05) is 33.7 Å². The molecule has 1 unspecified atom stereocenters. The molecular formula is C33H59F3N4O2. The number of hydrogen-bond acceptors (Lipinski definition) is 4. The van der Waals surface area contributed by atoms with Crippen LogP contribution >= 0.6 is 0 Å². The third-order valence-electron chi connectivity index (χ3n) is 8.59. The molecule has 2 saturated carbocycles. The second-order valence-electron chi connectivity index (χ2n) is 11.1. The standard InChI is InChI=1S/C16H27F3N2O.C7H11NO.C6H6.C2H6.CH5N.CH4/c1-12(6-5-7-15(22)21-8-3-4-9-21)20(2)14-10-13(11-14)16(17,18)19;9-6-8-5-1-2-7(8)3-4-7;1-2-4-6-5-3-1;2*1-2;/h12-14H,3-11H2,1-2H3;6H,1-5H2;1-6H;1-2H3;2H2,1H3;1H4. The summed E-state index contributed by atoms with van der Waals surface area (Å²) >= 11 is 0. The Morgan fingerprint density at radius 2 is 1.48 bits per heavy atom. The third-order valence-corrected chi connectivity index (χ3v) is 8.59. The zero-order valence-electron chi connectivity index (χ0n) is 26.0. The molecular weight excluding hydrogens is 541 g/mol. The molecule has 1 aromatic rings. The molecule has 2 aliphatic heterocycles. The number of amides is 2. The van der Waals surface area contributed by atoms with Crippen molar-refractivity contribution in [3.63, 3.8) is 0 Å². The molecule has 4 aliphatic rings. The number of benzene rings is 1. The second-order valence-corrected chi connectivity index (χ2v) is 11.1. The summed E-state index contributed by atoms with van der Waals surface area (Å²) in [5, 5.41) is 0. The van der Waals surface area contributed by atoms with Crippen LogP contribution in [0.15, 0.2) is 36.4 Å². The van der Waals surface area contributed by atoms with Crippen LogP contribution in [-0.4, -0.2) is 84.5 Å². The maximum Gasteiger partial charge on any atom is 0.391 e. The molecule has 0 bridgehead atoms. The predicted octanol–water partition coefficient (Wildman–Crippen LogP) is 7.14. The molecule has 1 aromatic carbocycles. The lowest BCUT2D eigenvalue weighted by Gasteiger charge is -2.44. The number of nitrogens with two attached hydrogens (primary N) is 1. The van der Waals surface area contributed by atoms with Crippen LogP contribution in [0.5, 0.6) is 0 Å². The summed E-state index contributed by atoms with van der Waals surface area (Å²) in [6.07, 6.45) is 6.85. The lowest BCUT2D eigenvalue weighted by Crippen LogP contribution is -2.50. The van der Waals surface area contributed by atoms with E-state index in [-0.39, 0.29) is 38.3 Å². The molecule has 9 heteroatoms. The zero-order valence-corrected chi connectivity index (χ0v) is 26.0. The molecule has 5 rings (SSSR count). The smallest absolute Gasteiger partial charge is 0.343 e. The fourth-order valence-corrected chi connectivity index (χ4v) is 5.61. The number of alkyl halides is 3. The van der Waals surface area contributed by atoms with Crippen molar-refractivity contribution in [2.24, 2.45) is 11.7 Å². The molecule has 4 fully saturated rings. The minimum absolute atomic E-state index is 0. The van der Waals surface area contributed by atoms with E-state index >= 15 is 0 Å². The summed E-state index contributed by atoms with van der Waals surface area (Å²) in [5.74, 6) is -0.892. The Balaban J connectivity index is 0.000000685. The molecule has 2 saturated heterocycles. The molecule has 42 heavy (non-hydrogen) atoms. The highest BCUT2D eigenvalue weighted by atomic mass is 19.4. The molecule has 2 N–H and O–H groups in total. The summed E-state index contributed by atoms with van der Waals surface area (Å²) in [6, 6.07) is 12.3. The molecule has 0 radical (unpaired) electrons. The Kier molecular flexibility index (Phi) is 19.7. The minimum atomic E-state index is -4.04. The summed E-state index contributed by atoms with van der Waals surface area (Å²) in [5.41, 5.74) is 4.88. The van der Waals surface area contributed by atoms with Crippen molar-refractivity contribution < 1.29 is 22.8 Å². The number of likely N-dealkylation sites (tertiary alicyclic amines) is 2. The Morgan fingerprint density at radius 3 is 1.88 bits per heavy atom. The lowest BCUT2D eigenvalue weighted by molar-refractivity contribution is -0.207. The van der Waals surface area contributed by atoms with E-state index in [1.807, 2.05) is 74.0 Å². The topological polar surface area (TPSA) is 69.9 Å². The molecule has 2 heterocycles. The number of hydrogen-bond donors (Lipinski definition) is 1. The van der Waals surface area contributed by atoms with E-state index in [9.17, 15) is 22.8 Å². The van der Waals surface area contributed by atoms with Gasteiger partial charge in [-0.15, -0.1) is 0 Å².